The zero-order chi connectivity index (χ0) is 7.28. The van der Waals surface area contributed by atoms with Crippen molar-refractivity contribution in [3.05, 3.63) is 35.9 Å². The van der Waals surface area contributed by atoms with Crippen molar-refractivity contribution in [3.8, 4) is 0 Å². The van der Waals surface area contributed by atoms with Crippen LogP contribution in [0, 0.1) is 0 Å². The van der Waals surface area contributed by atoms with E-state index in [1.165, 1.54) is 0 Å². The molecule has 0 aromatic rings. The second-order valence-corrected chi connectivity index (χ2v) is 2.06. The standard InChI is InChI=1S/C7H10ClN/c1-3-7(5-9)4-6(2)8/h3-4H,1-2,5,9H2/b7-4+. The van der Waals surface area contributed by atoms with Crippen LogP contribution in [0.1, 0.15) is 0 Å². The highest BCUT2D eigenvalue weighted by atomic mass is 35.5. The zero-order valence-electron chi connectivity index (χ0n) is 5.23. The molecule has 0 spiro atoms. The molecule has 0 aliphatic rings. The fourth-order valence-corrected chi connectivity index (χ4v) is 0.542. The molecule has 50 valence electrons. The van der Waals surface area contributed by atoms with Crippen molar-refractivity contribution < 1.29 is 0 Å². The number of nitrogens with two attached hydrogens (primary N) is 1. The molecule has 0 saturated heterocycles. The van der Waals surface area contributed by atoms with E-state index in [1.54, 1.807) is 12.2 Å². The van der Waals surface area contributed by atoms with Gasteiger partial charge in [0, 0.05) is 11.6 Å². The Morgan fingerprint density at radius 3 is 2.33 bits per heavy atom. The number of rotatable bonds is 3. The molecule has 0 rings (SSSR count). The molecule has 0 aliphatic carbocycles. The third-order valence-electron chi connectivity index (χ3n) is 0.840. The van der Waals surface area contributed by atoms with Crippen molar-refractivity contribution in [1.29, 1.82) is 0 Å². The summed E-state index contributed by atoms with van der Waals surface area (Å²) in [4.78, 5) is 0. The van der Waals surface area contributed by atoms with E-state index < -0.39 is 0 Å². The zero-order valence-corrected chi connectivity index (χ0v) is 5.99. The highest BCUT2D eigenvalue weighted by molar-refractivity contribution is 6.30. The van der Waals surface area contributed by atoms with Gasteiger partial charge in [0.15, 0.2) is 0 Å². The van der Waals surface area contributed by atoms with Crippen LogP contribution in [0.2, 0.25) is 0 Å². The lowest BCUT2D eigenvalue weighted by Gasteiger charge is -1.92. The highest BCUT2D eigenvalue weighted by Crippen LogP contribution is 2.03. The van der Waals surface area contributed by atoms with E-state index >= 15 is 0 Å². The maximum absolute atomic E-state index is 5.46. The molecule has 0 fully saturated rings. The van der Waals surface area contributed by atoms with Crippen LogP contribution in [0.15, 0.2) is 35.9 Å². The van der Waals surface area contributed by atoms with Gasteiger partial charge in [0.2, 0.25) is 0 Å². The van der Waals surface area contributed by atoms with Gasteiger partial charge in [-0.2, -0.15) is 0 Å². The average molecular weight is 144 g/mol. The molecule has 1 nitrogen and oxygen atoms in total. The van der Waals surface area contributed by atoms with E-state index in [0.29, 0.717) is 11.6 Å². The van der Waals surface area contributed by atoms with Crippen LogP contribution in [0.3, 0.4) is 0 Å². The Morgan fingerprint density at radius 1 is 1.67 bits per heavy atom. The molecule has 9 heavy (non-hydrogen) atoms. The van der Waals surface area contributed by atoms with E-state index in [4.69, 9.17) is 17.3 Å². The first-order valence-electron chi connectivity index (χ1n) is 2.58. The maximum Gasteiger partial charge on any atom is 0.0337 e. The summed E-state index contributed by atoms with van der Waals surface area (Å²) >= 11 is 5.46. The predicted octanol–water partition coefficient (Wildman–Crippen LogP) is 1.81. The van der Waals surface area contributed by atoms with E-state index in [9.17, 15) is 0 Å². The van der Waals surface area contributed by atoms with Crippen LogP contribution in [-0.2, 0) is 0 Å². The number of halogens is 1. The molecule has 0 aromatic carbocycles. The molecule has 0 saturated carbocycles. The summed E-state index contributed by atoms with van der Waals surface area (Å²) < 4.78 is 0. The topological polar surface area (TPSA) is 26.0 Å². The van der Waals surface area contributed by atoms with Crippen LogP contribution < -0.4 is 5.73 Å². The van der Waals surface area contributed by atoms with Crippen LogP contribution in [0.25, 0.3) is 0 Å². The fraction of sp³-hybridized carbons (Fsp3) is 0.143. The van der Waals surface area contributed by atoms with E-state index in [1.807, 2.05) is 0 Å². The molecule has 0 radical (unpaired) electrons. The first kappa shape index (κ1) is 8.47. The summed E-state index contributed by atoms with van der Waals surface area (Å²) in [6.07, 6.45) is 3.35. The van der Waals surface area contributed by atoms with Gasteiger partial charge < -0.3 is 5.73 Å². The largest absolute Gasteiger partial charge is 0.326 e. The third kappa shape index (κ3) is 4.01. The van der Waals surface area contributed by atoms with Gasteiger partial charge in [-0.3, -0.25) is 0 Å². The minimum Gasteiger partial charge on any atom is -0.326 e. The van der Waals surface area contributed by atoms with Crippen molar-refractivity contribution in [3.63, 3.8) is 0 Å². The Kier molecular flexibility index (Phi) is 4.10. The minimum atomic E-state index is 0.454. The van der Waals surface area contributed by atoms with Crippen LogP contribution in [0.4, 0.5) is 0 Å². The van der Waals surface area contributed by atoms with E-state index in [0.717, 1.165) is 5.57 Å². The normalized spacial score (nSPS) is 11.1. The lowest BCUT2D eigenvalue weighted by molar-refractivity contribution is 1.19. The Morgan fingerprint density at radius 2 is 2.22 bits per heavy atom. The van der Waals surface area contributed by atoms with Crippen molar-refractivity contribution >= 4 is 11.6 Å². The van der Waals surface area contributed by atoms with E-state index in [2.05, 4.69) is 13.2 Å². The van der Waals surface area contributed by atoms with Crippen molar-refractivity contribution in [2.75, 3.05) is 6.54 Å². The molecule has 0 heterocycles. The maximum atomic E-state index is 5.46. The highest BCUT2D eigenvalue weighted by Gasteiger charge is 1.85. The van der Waals surface area contributed by atoms with Gasteiger partial charge in [0.05, 0.1) is 0 Å². The number of hydrogen-bond donors (Lipinski definition) is 1. The van der Waals surface area contributed by atoms with Gasteiger partial charge in [-0.15, -0.1) is 0 Å². The molecule has 0 amide bonds. The predicted molar refractivity (Wildman–Crippen MR) is 42.3 cm³/mol. The second-order valence-electron chi connectivity index (χ2n) is 1.57. The first-order valence-corrected chi connectivity index (χ1v) is 2.96. The van der Waals surface area contributed by atoms with Crippen LogP contribution >= 0.6 is 11.6 Å². The molecule has 2 heteroatoms. The SMILES string of the molecule is C=C/C(=C\C(=C)Cl)CN. The summed E-state index contributed by atoms with van der Waals surface area (Å²) in [5.74, 6) is 0. The summed E-state index contributed by atoms with van der Waals surface area (Å²) in [6, 6.07) is 0. The molecular weight excluding hydrogens is 134 g/mol. The lowest BCUT2D eigenvalue weighted by Crippen LogP contribution is -2.00. The van der Waals surface area contributed by atoms with Crippen molar-refractivity contribution in [1.82, 2.24) is 0 Å². The lowest BCUT2D eigenvalue weighted by atomic mass is 10.2. The monoisotopic (exact) mass is 143 g/mol. The minimum absolute atomic E-state index is 0.454. The third-order valence-corrected chi connectivity index (χ3v) is 0.949. The summed E-state index contributed by atoms with van der Waals surface area (Å²) in [7, 11) is 0. The number of allylic oxidation sites excluding steroid dienone is 2. The van der Waals surface area contributed by atoms with Gasteiger partial charge >= 0.3 is 0 Å². The van der Waals surface area contributed by atoms with Gasteiger partial charge in [0.1, 0.15) is 0 Å². The van der Waals surface area contributed by atoms with Crippen molar-refractivity contribution in [2.45, 2.75) is 0 Å². The summed E-state index contributed by atoms with van der Waals surface area (Å²) in [5, 5.41) is 0.482. The van der Waals surface area contributed by atoms with Gasteiger partial charge in [0.25, 0.3) is 0 Å². The summed E-state index contributed by atoms with van der Waals surface area (Å²) in [6.45, 7) is 7.47. The average Bonchev–Trinajstić information content (AvgIpc) is 1.82. The Labute approximate surface area is 60.5 Å². The fourth-order valence-electron chi connectivity index (χ4n) is 0.402. The Balaban J connectivity index is 4.07. The smallest absolute Gasteiger partial charge is 0.0337 e. The van der Waals surface area contributed by atoms with Crippen molar-refractivity contribution in [2.24, 2.45) is 5.73 Å². The van der Waals surface area contributed by atoms with Crippen LogP contribution in [-0.4, -0.2) is 6.54 Å². The van der Waals surface area contributed by atoms with E-state index in [-0.39, 0.29) is 0 Å². The molecule has 0 aliphatic heterocycles. The van der Waals surface area contributed by atoms with Gasteiger partial charge in [-0.25, -0.2) is 0 Å². The molecule has 2 N–H and O–H groups in total. The molecule has 0 atom stereocenters. The molecular formula is C7H10ClN. The van der Waals surface area contributed by atoms with Crippen LogP contribution in [0.5, 0.6) is 0 Å². The molecule has 0 aromatic heterocycles. The van der Waals surface area contributed by atoms with Gasteiger partial charge in [-0.05, 0) is 11.6 Å². The number of hydrogen-bond acceptors (Lipinski definition) is 1. The molecule has 0 bridgehead atoms. The first-order chi connectivity index (χ1) is 4.20. The quantitative estimate of drug-likeness (QED) is 0.600. The second kappa shape index (κ2) is 4.36. The summed E-state index contributed by atoms with van der Waals surface area (Å²) in [5.41, 5.74) is 6.19. The molecule has 0 unspecified atom stereocenters. The Hall–Kier alpha value is -0.530. The Bertz CT molecular complexity index is 147. The van der Waals surface area contributed by atoms with Gasteiger partial charge in [-0.1, -0.05) is 30.8 Å².